The number of aryl methyl sites for hydroxylation is 1. The van der Waals surface area contributed by atoms with Crippen LogP contribution in [-0.2, 0) is 13.0 Å². The maximum Gasteiger partial charge on any atom is 0.227 e. The highest BCUT2D eigenvalue weighted by Crippen LogP contribution is 2.35. The van der Waals surface area contributed by atoms with Gasteiger partial charge in [0.05, 0.1) is 23.0 Å². The van der Waals surface area contributed by atoms with Gasteiger partial charge < -0.3 is 9.84 Å². The first-order valence-electron chi connectivity index (χ1n) is 12.7. The van der Waals surface area contributed by atoms with Crippen molar-refractivity contribution in [1.82, 2.24) is 14.7 Å². The predicted octanol–water partition coefficient (Wildman–Crippen LogP) is 6.07. The van der Waals surface area contributed by atoms with Gasteiger partial charge in [0, 0.05) is 25.7 Å². The Kier molecular flexibility index (Phi) is 7.63. The van der Waals surface area contributed by atoms with Crippen LogP contribution in [0.15, 0.2) is 78.9 Å². The fourth-order valence-corrected chi connectivity index (χ4v) is 4.57. The smallest absolute Gasteiger partial charge is 0.227 e. The number of hydrogen-bond donors (Lipinski definition) is 1. The first-order valence-corrected chi connectivity index (χ1v) is 12.7. The number of benzene rings is 3. The second-order valence-electron chi connectivity index (χ2n) is 9.77. The molecule has 1 atom stereocenters. The average molecular weight is 504 g/mol. The van der Waals surface area contributed by atoms with Gasteiger partial charge in [0.15, 0.2) is 11.6 Å². The summed E-state index contributed by atoms with van der Waals surface area (Å²) in [6.45, 7) is 3.73. The van der Waals surface area contributed by atoms with E-state index in [4.69, 9.17) is 9.84 Å². The summed E-state index contributed by atoms with van der Waals surface area (Å²) >= 11 is 0. The van der Waals surface area contributed by atoms with Crippen LogP contribution in [0.1, 0.15) is 29.7 Å². The number of aliphatic hydroxyl groups excluding tert-OH is 1. The monoisotopic (exact) mass is 503 g/mol. The first-order chi connectivity index (χ1) is 18.0. The summed E-state index contributed by atoms with van der Waals surface area (Å²) in [5, 5.41) is 15.6. The topological polar surface area (TPSA) is 50.5 Å². The van der Waals surface area contributed by atoms with Crippen molar-refractivity contribution in [3.05, 3.63) is 107 Å². The van der Waals surface area contributed by atoms with Crippen molar-refractivity contribution in [2.45, 2.75) is 38.8 Å². The van der Waals surface area contributed by atoms with Crippen molar-refractivity contribution in [3.8, 4) is 17.3 Å². The molecule has 7 heteroatoms. The lowest BCUT2D eigenvalue weighted by Crippen LogP contribution is -2.35. The molecule has 1 aliphatic rings. The van der Waals surface area contributed by atoms with Crippen LogP contribution in [0.25, 0.3) is 5.69 Å². The number of hydrogen-bond acceptors (Lipinski definition) is 4. The Morgan fingerprint density at radius 2 is 1.73 bits per heavy atom. The molecule has 0 radical (unpaired) electrons. The highest BCUT2D eigenvalue weighted by molar-refractivity contribution is 5.43. The molecule has 1 N–H and O–H groups in total. The van der Waals surface area contributed by atoms with E-state index in [2.05, 4.69) is 4.90 Å². The van der Waals surface area contributed by atoms with Gasteiger partial charge in [0.25, 0.3) is 0 Å². The van der Waals surface area contributed by atoms with Crippen molar-refractivity contribution >= 4 is 0 Å². The van der Waals surface area contributed by atoms with E-state index in [1.54, 1.807) is 4.68 Å². The largest absolute Gasteiger partial charge is 0.435 e. The fourth-order valence-electron chi connectivity index (χ4n) is 4.57. The van der Waals surface area contributed by atoms with E-state index in [1.807, 2.05) is 67.6 Å². The molecule has 3 aromatic carbocycles. The molecule has 4 aromatic rings. The second-order valence-corrected chi connectivity index (χ2v) is 9.77. The summed E-state index contributed by atoms with van der Waals surface area (Å²) in [6.07, 6.45) is 2.38. The standard InChI is InChI=1S/C30H31F2N3O2/c1-21-27(20-34(18-23-12-13-23)19-26(36)16-22-8-4-2-5-9-22)30(35(33-21)25-10-6-3-7-11-25)37-29-15-14-24(31)17-28(29)32/h2-11,14-15,17,23,26,36H,12-13,16,18-20H2,1H3/t26-/m0/s1. The number of aliphatic hydroxyl groups is 1. The van der Waals surface area contributed by atoms with E-state index in [1.165, 1.54) is 25.0 Å². The zero-order chi connectivity index (χ0) is 25.8. The fraction of sp³-hybridized carbons (Fsp3) is 0.300. The van der Waals surface area contributed by atoms with Crippen molar-refractivity contribution in [2.24, 2.45) is 5.92 Å². The van der Waals surface area contributed by atoms with Crippen molar-refractivity contribution in [2.75, 3.05) is 13.1 Å². The van der Waals surface area contributed by atoms with Crippen molar-refractivity contribution in [1.29, 1.82) is 0 Å². The molecule has 1 heterocycles. The summed E-state index contributed by atoms with van der Waals surface area (Å²) in [7, 11) is 0. The van der Waals surface area contributed by atoms with Gasteiger partial charge in [-0.1, -0.05) is 48.5 Å². The van der Waals surface area contributed by atoms with Gasteiger partial charge >= 0.3 is 0 Å². The Morgan fingerprint density at radius 1 is 1.03 bits per heavy atom. The molecule has 0 spiro atoms. The summed E-state index contributed by atoms with van der Waals surface area (Å²) in [6, 6.07) is 22.7. The van der Waals surface area contributed by atoms with Crippen LogP contribution >= 0.6 is 0 Å². The molecule has 0 amide bonds. The Balaban J connectivity index is 1.45. The second kappa shape index (κ2) is 11.2. The zero-order valence-electron chi connectivity index (χ0n) is 20.9. The molecule has 1 saturated carbocycles. The zero-order valence-corrected chi connectivity index (χ0v) is 20.9. The van der Waals surface area contributed by atoms with Gasteiger partial charge in [-0.25, -0.2) is 13.5 Å². The van der Waals surface area contributed by atoms with Gasteiger partial charge in [-0.3, -0.25) is 4.90 Å². The minimum atomic E-state index is -0.780. The van der Waals surface area contributed by atoms with Crippen LogP contribution in [-0.4, -0.2) is 39.0 Å². The predicted molar refractivity (Wildman–Crippen MR) is 139 cm³/mol. The lowest BCUT2D eigenvalue weighted by molar-refractivity contribution is 0.105. The van der Waals surface area contributed by atoms with Gasteiger partial charge in [0.2, 0.25) is 5.88 Å². The molecular formula is C30H31F2N3O2. The first kappa shape index (κ1) is 25.1. The molecule has 192 valence electrons. The summed E-state index contributed by atoms with van der Waals surface area (Å²) in [5.41, 5.74) is 3.41. The van der Waals surface area contributed by atoms with Crippen LogP contribution in [0, 0.1) is 24.5 Å². The molecule has 0 saturated heterocycles. The molecule has 1 aromatic heterocycles. The summed E-state index contributed by atoms with van der Waals surface area (Å²) < 4.78 is 35.9. The van der Waals surface area contributed by atoms with Gasteiger partial charge in [-0.15, -0.1) is 0 Å². The molecule has 37 heavy (non-hydrogen) atoms. The third-order valence-electron chi connectivity index (χ3n) is 6.62. The van der Waals surface area contributed by atoms with Gasteiger partial charge in [-0.2, -0.15) is 5.10 Å². The van der Waals surface area contributed by atoms with E-state index in [0.29, 0.717) is 31.3 Å². The van der Waals surface area contributed by atoms with E-state index < -0.39 is 17.7 Å². The lowest BCUT2D eigenvalue weighted by atomic mass is 10.1. The van der Waals surface area contributed by atoms with Gasteiger partial charge in [0.1, 0.15) is 5.82 Å². The van der Waals surface area contributed by atoms with E-state index in [0.717, 1.165) is 35.1 Å². The minimum absolute atomic E-state index is 0.0717. The van der Waals surface area contributed by atoms with E-state index in [9.17, 15) is 13.9 Å². The third-order valence-corrected chi connectivity index (χ3v) is 6.62. The van der Waals surface area contributed by atoms with Crippen LogP contribution in [0.5, 0.6) is 11.6 Å². The number of halogens is 2. The molecule has 0 unspecified atom stereocenters. The lowest BCUT2D eigenvalue weighted by Gasteiger charge is -2.25. The molecule has 0 bridgehead atoms. The van der Waals surface area contributed by atoms with Crippen molar-refractivity contribution in [3.63, 3.8) is 0 Å². The molecule has 5 rings (SSSR count). The summed E-state index contributed by atoms with van der Waals surface area (Å²) in [5.74, 6) is -0.532. The van der Waals surface area contributed by atoms with Crippen LogP contribution in [0.3, 0.4) is 0 Å². The molecule has 0 aliphatic heterocycles. The molecule has 1 fully saturated rings. The maximum atomic E-state index is 14.6. The van der Waals surface area contributed by atoms with E-state index in [-0.39, 0.29) is 5.75 Å². The Bertz CT molecular complexity index is 1320. The summed E-state index contributed by atoms with van der Waals surface area (Å²) in [4.78, 5) is 2.23. The number of ether oxygens (including phenoxy) is 1. The number of aromatic nitrogens is 2. The molecule has 1 aliphatic carbocycles. The number of para-hydroxylation sites is 1. The Hall–Kier alpha value is -3.55. The highest BCUT2D eigenvalue weighted by Gasteiger charge is 2.28. The van der Waals surface area contributed by atoms with Crippen LogP contribution in [0.2, 0.25) is 0 Å². The number of nitrogens with zero attached hydrogens (tertiary/aromatic N) is 3. The minimum Gasteiger partial charge on any atom is -0.435 e. The quantitative estimate of drug-likeness (QED) is 0.270. The molecular weight excluding hydrogens is 472 g/mol. The highest BCUT2D eigenvalue weighted by atomic mass is 19.1. The number of rotatable bonds is 11. The van der Waals surface area contributed by atoms with E-state index >= 15 is 0 Å². The van der Waals surface area contributed by atoms with Crippen LogP contribution < -0.4 is 4.74 Å². The van der Waals surface area contributed by atoms with Gasteiger partial charge in [-0.05, 0) is 61.9 Å². The molecule has 5 nitrogen and oxygen atoms in total. The Labute approximate surface area is 215 Å². The van der Waals surface area contributed by atoms with Crippen molar-refractivity contribution < 1.29 is 18.6 Å². The SMILES string of the molecule is Cc1nn(-c2ccccc2)c(Oc2ccc(F)cc2F)c1CN(CC1CC1)C[C@@H](O)Cc1ccccc1. The third kappa shape index (κ3) is 6.42. The Morgan fingerprint density at radius 3 is 2.41 bits per heavy atom. The maximum absolute atomic E-state index is 14.6. The normalized spacial score (nSPS) is 14.2. The average Bonchev–Trinajstić information content (AvgIpc) is 3.65. The van der Waals surface area contributed by atoms with Crippen LogP contribution in [0.4, 0.5) is 8.78 Å².